The van der Waals surface area contributed by atoms with Gasteiger partial charge in [-0.1, -0.05) is 90.5 Å². The molecule has 0 spiro atoms. The Balaban J connectivity index is 1.89. The lowest BCUT2D eigenvalue weighted by atomic mass is 9.66. The van der Waals surface area contributed by atoms with Gasteiger partial charge < -0.3 is 4.74 Å². The van der Waals surface area contributed by atoms with E-state index >= 15 is 0 Å². The van der Waals surface area contributed by atoms with Gasteiger partial charge >= 0.3 is 0 Å². The number of hydrogen-bond donors (Lipinski definition) is 0. The number of methoxy groups -OCH3 is 1. The minimum Gasteiger partial charge on any atom is -0.497 e. The molecule has 0 atom stereocenters. The maximum Gasteiger partial charge on any atom is 0.119 e. The Bertz CT molecular complexity index is 1170. The number of rotatable bonds is 4. The van der Waals surface area contributed by atoms with Crippen LogP contribution in [0.2, 0.25) is 0 Å². The van der Waals surface area contributed by atoms with Crippen molar-refractivity contribution in [2.24, 2.45) is 4.99 Å². The van der Waals surface area contributed by atoms with E-state index < -0.39 is 5.41 Å². The number of hydrogen-bond acceptors (Lipinski definition) is 2. The quantitative estimate of drug-likeness (QED) is 0.392. The van der Waals surface area contributed by atoms with Gasteiger partial charge in [-0.2, -0.15) is 0 Å². The SMILES string of the molecule is COc1ccc2c(c1)C(c1ccccc1)(c1ccccc1)C(c1ccc(C)cc1)=N2. The molecule has 1 aliphatic heterocycles. The van der Waals surface area contributed by atoms with Gasteiger partial charge in [0, 0.05) is 5.56 Å². The topological polar surface area (TPSA) is 21.6 Å². The van der Waals surface area contributed by atoms with Crippen molar-refractivity contribution in [3.8, 4) is 5.75 Å². The van der Waals surface area contributed by atoms with Crippen LogP contribution in [0, 0.1) is 6.92 Å². The van der Waals surface area contributed by atoms with Gasteiger partial charge in [0.15, 0.2) is 0 Å². The van der Waals surface area contributed by atoms with Gasteiger partial charge in [-0.05, 0) is 41.8 Å². The Morgan fingerprint density at radius 1 is 0.700 bits per heavy atom. The van der Waals surface area contributed by atoms with E-state index in [9.17, 15) is 0 Å². The predicted octanol–water partition coefficient (Wildman–Crippen LogP) is 6.47. The molecule has 30 heavy (non-hydrogen) atoms. The molecular formula is C28H23NO. The van der Waals surface area contributed by atoms with Crippen LogP contribution in [0.1, 0.15) is 27.8 Å². The third-order valence-corrected chi connectivity index (χ3v) is 5.93. The molecule has 0 amide bonds. The van der Waals surface area contributed by atoms with E-state index in [0.29, 0.717) is 0 Å². The zero-order valence-electron chi connectivity index (χ0n) is 17.2. The van der Waals surface area contributed by atoms with Crippen molar-refractivity contribution in [3.63, 3.8) is 0 Å². The summed E-state index contributed by atoms with van der Waals surface area (Å²) in [7, 11) is 1.71. The first-order chi connectivity index (χ1) is 14.7. The predicted molar refractivity (Wildman–Crippen MR) is 123 cm³/mol. The molecule has 0 unspecified atom stereocenters. The maximum atomic E-state index is 5.61. The highest BCUT2D eigenvalue weighted by molar-refractivity contribution is 6.17. The molecule has 0 aliphatic carbocycles. The van der Waals surface area contributed by atoms with E-state index in [0.717, 1.165) is 28.3 Å². The van der Waals surface area contributed by atoms with Gasteiger partial charge in [0.05, 0.1) is 23.9 Å². The summed E-state index contributed by atoms with van der Waals surface area (Å²) < 4.78 is 5.61. The molecule has 146 valence electrons. The molecular weight excluding hydrogens is 366 g/mol. The normalized spacial score (nSPS) is 14.1. The van der Waals surface area contributed by atoms with Crippen LogP contribution in [0.5, 0.6) is 5.75 Å². The Hall–Kier alpha value is -3.65. The number of ether oxygens (including phenoxy) is 1. The Kier molecular flexibility index (Phi) is 4.48. The number of fused-ring (bicyclic) bond motifs is 1. The lowest BCUT2D eigenvalue weighted by Gasteiger charge is -2.34. The first-order valence-electron chi connectivity index (χ1n) is 10.2. The van der Waals surface area contributed by atoms with Gasteiger partial charge in [-0.15, -0.1) is 0 Å². The van der Waals surface area contributed by atoms with Crippen LogP contribution in [0.4, 0.5) is 5.69 Å². The number of aryl methyl sites for hydroxylation is 1. The highest BCUT2D eigenvalue weighted by atomic mass is 16.5. The molecule has 0 bridgehead atoms. The summed E-state index contributed by atoms with van der Waals surface area (Å²) in [5, 5.41) is 0. The summed E-state index contributed by atoms with van der Waals surface area (Å²) in [6, 6.07) is 36.2. The molecule has 0 saturated carbocycles. The molecule has 0 N–H and O–H groups in total. The molecule has 1 heterocycles. The fraction of sp³-hybridized carbons (Fsp3) is 0.107. The number of nitrogens with zero attached hydrogens (tertiary/aromatic N) is 1. The van der Waals surface area contributed by atoms with Gasteiger partial charge in [0.2, 0.25) is 0 Å². The van der Waals surface area contributed by atoms with Crippen molar-refractivity contribution >= 4 is 11.4 Å². The van der Waals surface area contributed by atoms with Crippen LogP contribution < -0.4 is 4.74 Å². The summed E-state index contributed by atoms with van der Waals surface area (Å²) in [4.78, 5) is 5.19. The first-order valence-corrected chi connectivity index (χ1v) is 10.2. The third-order valence-electron chi connectivity index (χ3n) is 5.93. The van der Waals surface area contributed by atoms with Crippen LogP contribution >= 0.6 is 0 Å². The molecule has 4 aromatic rings. The zero-order chi connectivity index (χ0) is 20.6. The van der Waals surface area contributed by atoms with Gasteiger partial charge in [0.1, 0.15) is 5.75 Å². The second kappa shape index (κ2) is 7.31. The summed E-state index contributed by atoms with van der Waals surface area (Å²) in [5.74, 6) is 0.838. The highest BCUT2D eigenvalue weighted by Gasteiger charge is 2.47. The molecule has 0 fully saturated rings. The fourth-order valence-corrected chi connectivity index (χ4v) is 4.49. The van der Waals surface area contributed by atoms with Crippen molar-refractivity contribution in [1.29, 1.82) is 0 Å². The van der Waals surface area contributed by atoms with Crippen LogP contribution in [-0.4, -0.2) is 12.8 Å². The van der Waals surface area contributed by atoms with Crippen LogP contribution in [0.15, 0.2) is 108 Å². The van der Waals surface area contributed by atoms with Gasteiger partial charge in [0.25, 0.3) is 0 Å². The number of benzene rings is 4. The molecule has 2 nitrogen and oxygen atoms in total. The summed E-state index contributed by atoms with van der Waals surface area (Å²) in [5.41, 5.74) is 7.42. The molecule has 4 aromatic carbocycles. The summed E-state index contributed by atoms with van der Waals surface area (Å²) >= 11 is 0. The largest absolute Gasteiger partial charge is 0.497 e. The lowest BCUT2D eigenvalue weighted by molar-refractivity contribution is 0.414. The second-order valence-electron chi connectivity index (χ2n) is 7.69. The monoisotopic (exact) mass is 389 g/mol. The van der Waals surface area contributed by atoms with Crippen LogP contribution in [0.25, 0.3) is 0 Å². The van der Waals surface area contributed by atoms with Crippen molar-refractivity contribution in [3.05, 3.63) is 131 Å². The third kappa shape index (κ3) is 2.76. The van der Waals surface area contributed by atoms with Crippen molar-refractivity contribution in [2.75, 3.05) is 7.11 Å². The van der Waals surface area contributed by atoms with E-state index in [2.05, 4.69) is 104 Å². The summed E-state index contributed by atoms with van der Waals surface area (Å²) in [6.07, 6.45) is 0. The average Bonchev–Trinajstić information content (AvgIpc) is 3.16. The van der Waals surface area contributed by atoms with Crippen LogP contribution in [-0.2, 0) is 5.41 Å². The van der Waals surface area contributed by atoms with Crippen molar-refractivity contribution in [2.45, 2.75) is 12.3 Å². The van der Waals surface area contributed by atoms with E-state index in [-0.39, 0.29) is 0 Å². The highest BCUT2D eigenvalue weighted by Crippen LogP contribution is 2.51. The molecule has 2 heteroatoms. The fourth-order valence-electron chi connectivity index (χ4n) is 4.49. The average molecular weight is 389 g/mol. The van der Waals surface area contributed by atoms with E-state index in [1.807, 2.05) is 6.07 Å². The smallest absolute Gasteiger partial charge is 0.119 e. The molecule has 0 saturated heterocycles. The second-order valence-corrected chi connectivity index (χ2v) is 7.69. The summed E-state index contributed by atoms with van der Waals surface area (Å²) in [6.45, 7) is 2.11. The van der Waals surface area contributed by atoms with E-state index in [1.165, 1.54) is 16.7 Å². The van der Waals surface area contributed by atoms with Crippen LogP contribution in [0.3, 0.4) is 0 Å². The Morgan fingerprint density at radius 2 is 1.30 bits per heavy atom. The maximum absolute atomic E-state index is 5.61. The Morgan fingerprint density at radius 3 is 1.87 bits per heavy atom. The van der Waals surface area contributed by atoms with Gasteiger partial charge in [-0.25, -0.2) is 0 Å². The standard InChI is InChI=1S/C28H23NO/c1-20-13-15-21(16-14-20)27-28(22-9-5-3-6-10-22,23-11-7-4-8-12-23)25-19-24(30-2)17-18-26(25)29-27/h3-19H,1-2H3. The van der Waals surface area contributed by atoms with E-state index in [4.69, 9.17) is 9.73 Å². The van der Waals surface area contributed by atoms with E-state index in [1.54, 1.807) is 7.11 Å². The molecule has 1 aliphatic rings. The minimum absolute atomic E-state index is 0.512. The number of aliphatic imine (C=N–C) groups is 1. The van der Waals surface area contributed by atoms with Gasteiger partial charge in [-0.3, -0.25) is 4.99 Å². The molecule has 0 aromatic heterocycles. The Labute approximate surface area is 177 Å². The zero-order valence-corrected chi connectivity index (χ0v) is 17.2. The first kappa shape index (κ1) is 18.4. The van der Waals surface area contributed by atoms with Crippen molar-refractivity contribution < 1.29 is 4.74 Å². The molecule has 5 rings (SSSR count). The minimum atomic E-state index is -0.512. The van der Waals surface area contributed by atoms with Crippen molar-refractivity contribution in [1.82, 2.24) is 0 Å². The lowest BCUT2D eigenvalue weighted by Crippen LogP contribution is -2.36. The molecule has 0 radical (unpaired) electrons.